The van der Waals surface area contributed by atoms with Crippen molar-refractivity contribution in [2.45, 2.75) is 48.9 Å². The Morgan fingerprint density at radius 1 is 0.644 bits per heavy atom. The number of carbonyl (C=O) groups is 6. The van der Waals surface area contributed by atoms with Crippen LogP contribution in [0.1, 0.15) is 74.4 Å². The highest BCUT2D eigenvalue weighted by Gasteiger charge is 2.53. The summed E-state index contributed by atoms with van der Waals surface area (Å²) in [6.07, 6.45) is 0.0285. The van der Waals surface area contributed by atoms with E-state index in [1.807, 2.05) is 121 Å². The van der Waals surface area contributed by atoms with E-state index in [0.29, 0.717) is 16.9 Å². The van der Waals surface area contributed by atoms with Gasteiger partial charge in [-0.1, -0.05) is 133 Å². The minimum atomic E-state index is -1.34. The van der Waals surface area contributed by atoms with E-state index in [-0.39, 0.29) is 36.1 Å². The van der Waals surface area contributed by atoms with Crippen LogP contribution in [0.2, 0.25) is 0 Å². The van der Waals surface area contributed by atoms with Gasteiger partial charge in [0.25, 0.3) is 17.7 Å². The Balaban J connectivity index is 0.934. The third-order valence-corrected chi connectivity index (χ3v) is 11.7. The number of amides is 4. The van der Waals surface area contributed by atoms with E-state index in [9.17, 15) is 28.8 Å². The molecule has 3 heterocycles. The van der Waals surface area contributed by atoms with Gasteiger partial charge in [-0.2, -0.15) is 0 Å². The molecule has 5 aromatic carbocycles. The highest BCUT2D eigenvalue weighted by Crippen LogP contribution is 2.39. The second-order valence-electron chi connectivity index (χ2n) is 14.2. The van der Waals surface area contributed by atoms with Crippen molar-refractivity contribution < 1.29 is 38.2 Å². The number of carbonyl (C=O) groups excluding carboxylic acids is 6. The zero-order valence-electron chi connectivity index (χ0n) is 31.7. The topological polar surface area (TPSA) is 139 Å². The molecule has 11 nitrogen and oxygen atoms in total. The molecule has 0 aliphatic carbocycles. The first kappa shape index (κ1) is 39.1. The first-order chi connectivity index (χ1) is 28.8. The fourth-order valence-electron chi connectivity index (χ4n) is 7.60. The molecule has 1 N–H and O–H groups in total. The van der Waals surface area contributed by atoms with Gasteiger partial charge in [0.1, 0.15) is 23.2 Å². The van der Waals surface area contributed by atoms with Crippen LogP contribution in [0.25, 0.3) is 0 Å². The second-order valence-corrected chi connectivity index (χ2v) is 15.4. The van der Waals surface area contributed by atoms with Crippen LogP contribution in [0.15, 0.2) is 157 Å². The average Bonchev–Trinajstić information content (AvgIpc) is 3.54. The van der Waals surface area contributed by atoms with Gasteiger partial charge in [0, 0.05) is 12.2 Å². The molecule has 1 fully saturated rings. The summed E-state index contributed by atoms with van der Waals surface area (Å²) >= 11 is 1.41. The lowest BCUT2D eigenvalue weighted by molar-refractivity contribution is -0.154. The second kappa shape index (κ2) is 17.4. The van der Waals surface area contributed by atoms with Gasteiger partial charge >= 0.3 is 11.9 Å². The minimum absolute atomic E-state index is 0.0698. The number of fused-ring (bicyclic) bond motifs is 2. The summed E-state index contributed by atoms with van der Waals surface area (Å²) in [6.45, 7) is 0. The number of esters is 2. The number of β-lactam (4-membered cyclic amide) rings is 1. The SMILES string of the molecule is O=C(CCCC(C(=O)OC(c1ccccc1)c1ccccc1)N1C(=O)c2ccccc2C1=O)N[C@@H]1C(=O)N2C(C(=O)OC(c3ccccc3)c3ccccc3)=CCS[C@@H]12. The summed E-state index contributed by atoms with van der Waals surface area (Å²) in [5.74, 6) is -3.18. The van der Waals surface area contributed by atoms with Crippen molar-refractivity contribution in [3.8, 4) is 0 Å². The van der Waals surface area contributed by atoms with Crippen LogP contribution < -0.4 is 5.32 Å². The molecule has 296 valence electrons. The quantitative estimate of drug-likeness (QED) is 0.0732. The molecule has 0 bridgehead atoms. The number of thioether (sulfide) groups is 1. The monoisotopic (exact) mass is 805 g/mol. The van der Waals surface area contributed by atoms with Gasteiger partial charge < -0.3 is 14.8 Å². The molecular weight excluding hydrogens is 767 g/mol. The van der Waals surface area contributed by atoms with Crippen molar-refractivity contribution in [2.24, 2.45) is 0 Å². The standard InChI is InChI=1S/C47H39N3O8S/c51-38(48-39-44(54)50-37(28-29-59-45(39)50)47(56)58-41(32-20-9-3-10-21-32)33-22-11-4-12-23-33)27-15-26-36(49-42(52)34-24-13-14-25-35(34)43(49)53)46(55)57-40(30-16-5-1-6-17-30)31-18-7-2-8-19-31/h1-14,16-25,28,36,39-41,45H,15,26-27,29H2,(H,48,51)/t36?,39-,45+/m1/s1. The zero-order chi connectivity index (χ0) is 40.9. The number of nitrogens with one attached hydrogen (secondary N) is 1. The van der Waals surface area contributed by atoms with Crippen molar-refractivity contribution >= 4 is 47.3 Å². The first-order valence-electron chi connectivity index (χ1n) is 19.3. The molecule has 1 unspecified atom stereocenters. The Morgan fingerprint density at radius 2 is 1.10 bits per heavy atom. The molecule has 59 heavy (non-hydrogen) atoms. The number of imide groups is 1. The van der Waals surface area contributed by atoms with Gasteiger partial charge in [0.05, 0.1) is 11.1 Å². The molecule has 3 aliphatic heterocycles. The van der Waals surface area contributed by atoms with Gasteiger partial charge in [-0.3, -0.25) is 29.0 Å². The summed E-state index contributed by atoms with van der Waals surface area (Å²) in [6, 6.07) is 41.1. The predicted octanol–water partition coefficient (Wildman–Crippen LogP) is 6.77. The van der Waals surface area contributed by atoms with Gasteiger partial charge in [0.15, 0.2) is 12.2 Å². The highest BCUT2D eigenvalue weighted by molar-refractivity contribution is 8.00. The van der Waals surface area contributed by atoms with E-state index in [2.05, 4.69) is 5.32 Å². The Morgan fingerprint density at radius 3 is 1.59 bits per heavy atom. The van der Waals surface area contributed by atoms with Crippen LogP contribution in [0.5, 0.6) is 0 Å². The molecular formula is C47H39N3O8S. The number of hydrogen-bond acceptors (Lipinski definition) is 9. The van der Waals surface area contributed by atoms with Crippen molar-refractivity contribution in [1.29, 1.82) is 0 Å². The number of benzene rings is 5. The number of rotatable bonds is 14. The van der Waals surface area contributed by atoms with E-state index in [0.717, 1.165) is 16.0 Å². The molecule has 0 saturated carbocycles. The predicted molar refractivity (Wildman–Crippen MR) is 219 cm³/mol. The Hall–Kier alpha value is -6.79. The maximum Gasteiger partial charge on any atom is 0.355 e. The van der Waals surface area contributed by atoms with Crippen molar-refractivity contribution in [2.75, 3.05) is 5.75 Å². The molecule has 0 spiro atoms. The summed E-state index contributed by atoms with van der Waals surface area (Å²) in [5.41, 5.74) is 3.44. The highest BCUT2D eigenvalue weighted by atomic mass is 32.2. The summed E-state index contributed by atoms with van der Waals surface area (Å²) in [5, 5.41) is 2.27. The molecule has 0 radical (unpaired) electrons. The van der Waals surface area contributed by atoms with E-state index in [1.54, 1.807) is 18.2 Å². The zero-order valence-corrected chi connectivity index (χ0v) is 32.5. The molecule has 0 aromatic heterocycles. The van der Waals surface area contributed by atoms with E-state index in [1.165, 1.54) is 28.8 Å². The van der Waals surface area contributed by atoms with Crippen LogP contribution in [-0.2, 0) is 28.7 Å². The summed E-state index contributed by atoms with van der Waals surface area (Å²) in [4.78, 5) is 84.4. The summed E-state index contributed by atoms with van der Waals surface area (Å²) in [7, 11) is 0. The fourth-order valence-corrected chi connectivity index (χ4v) is 8.80. The number of nitrogens with zero attached hydrogens (tertiary/aromatic N) is 2. The summed E-state index contributed by atoms with van der Waals surface area (Å²) < 4.78 is 12.2. The number of ether oxygens (including phenoxy) is 2. The maximum absolute atomic E-state index is 14.2. The smallest absolute Gasteiger partial charge is 0.355 e. The largest absolute Gasteiger partial charge is 0.451 e. The normalized spacial score (nSPS) is 17.5. The van der Waals surface area contributed by atoms with Crippen molar-refractivity contribution in [1.82, 2.24) is 15.1 Å². The minimum Gasteiger partial charge on any atom is -0.451 e. The fraction of sp³-hybridized carbons (Fsp3) is 0.191. The maximum atomic E-state index is 14.2. The molecule has 5 aromatic rings. The van der Waals surface area contributed by atoms with Crippen LogP contribution in [0.3, 0.4) is 0 Å². The number of hydrogen-bond donors (Lipinski definition) is 1. The van der Waals surface area contributed by atoms with Crippen LogP contribution >= 0.6 is 11.8 Å². The van der Waals surface area contributed by atoms with Gasteiger partial charge in [-0.25, -0.2) is 9.59 Å². The van der Waals surface area contributed by atoms with Gasteiger partial charge in [0.2, 0.25) is 5.91 Å². The van der Waals surface area contributed by atoms with Crippen molar-refractivity contribution in [3.05, 3.63) is 191 Å². The molecule has 3 aliphatic rings. The molecule has 4 amide bonds. The first-order valence-corrected chi connectivity index (χ1v) is 20.4. The Kier molecular flexibility index (Phi) is 11.5. The third-order valence-electron chi connectivity index (χ3n) is 10.5. The lowest BCUT2D eigenvalue weighted by Crippen LogP contribution is -2.70. The van der Waals surface area contributed by atoms with Crippen LogP contribution in [-0.4, -0.2) is 68.6 Å². The third kappa shape index (κ3) is 8.04. The Bertz CT molecular complexity index is 2300. The average molecular weight is 806 g/mol. The van der Waals surface area contributed by atoms with Crippen LogP contribution in [0, 0.1) is 0 Å². The lowest BCUT2D eigenvalue weighted by atomic mass is 10.0. The lowest BCUT2D eigenvalue weighted by Gasteiger charge is -2.48. The molecule has 8 rings (SSSR count). The molecule has 12 heteroatoms. The van der Waals surface area contributed by atoms with E-state index in [4.69, 9.17) is 9.47 Å². The van der Waals surface area contributed by atoms with E-state index < -0.39 is 65.2 Å². The molecule has 1 saturated heterocycles. The van der Waals surface area contributed by atoms with E-state index >= 15 is 0 Å². The van der Waals surface area contributed by atoms with Gasteiger partial charge in [-0.05, 0) is 53.3 Å². The molecule has 3 atom stereocenters. The van der Waals surface area contributed by atoms with Crippen molar-refractivity contribution in [3.63, 3.8) is 0 Å². The van der Waals surface area contributed by atoms with Gasteiger partial charge in [-0.15, -0.1) is 11.8 Å². The Labute approximate surface area is 345 Å². The van der Waals surface area contributed by atoms with Crippen LogP contribution in [0.4, 0.5) is 0 Å².